The highest BCUT2D eigenvalue weighted by Gasteiger charge is 2.20. The molecule has 2 aromatic rings. The van der Waals surface area contributed by atoms with Gasteiger partial charge in [0.05, 0.1) is 20.8 Å². The number of anilines is 1. The number of carbonyl (C=O) groups excluding carboxylic acids is 1. The summed E-state index contributed by atoms with van der Waals surface area (Å²) in [4.78, 5) is 14.6. The van der Waals surface area contributed by atoms with Gasteiger partial charge < -0.3 is 24.8 Å². The van der Waals surface area contributed by atoms with E-state index in [2.05, 4.69) is 0 Å². The number of hydrogen-bond donors (Lipinski definition) is 1. The lowest BCUT2D eigenvalue weighted by molar-refractivity contribution is -0.119. The molecule has 0 aliphatic carbocycles. The molecule has 140 valence electrons. The highest BCUT2D eigenvalue weighted by molar-refractivity contribution is 5.94. The van der Waals surface area contributed by atoms with Crippen LogP contribution in [0, 0.1) is 0 Å². The molecule has 0 radical (unpaired) electrons. The third kappa shape index (κ3) is 4.97. The fraction of sp³-hybridized carbons (Fsp3) is 0.350. The minimum atomic E-state index is -0.367. The summed E-state index contributed by atoms with van der Waals surface area (Å²) in [6.45, 7) is 0.840. The maximum absolute atomic E-state index is 12.9. The van der Waals surface area contributed by atoms with Crippen LogP contribution in [0.1, 0.15) is 18.0 Å². The van der Waals surface area contributed by atoms with Crippen molar-refractivity contribution < 1.29 is 19.0 Å². The standard InChI is InChI=1S/C20H26N2O4/c1-24-12-11-22(16-9-10-18(25-2)19(13-16)26-3)20(23)14-17(21)15-7-5-4-6-8-15/h4-10,13,17H,11-12,14,21H2,1-3H3. The van der Waals surface area contributed by atoms with Gasteiger partial charge in [-0.1, -0.05) is 30.3 Å². The van der Waals surface area contributed by atoms with E-state index in [0.29, 0.717) is 30.3 Å². The summed E-state index contributed by atoms with van der Waals surface area (Å²) in [5, 5.41) is 0. The second-order valence-corrected chi connectivity index (χ2v) is 5.80. The first-order valence-electron chi connectivity index (χ1n) is 8.42. The van der Waals surface area contributed by atoms with Crippen LogP contribution in [0.5, 0.6) is 11.5 Å². The van der Waals surface area contributed by atoms with Crippen molar-refractivity contribution in [3.63, 3.8) is 0 Å². The largest absolute Gasteiger partial charge is 0.493 e. The van der Waals surface area contributed by atoms with Crippen LogP contribution in [0.25, 0.3) is 0 Å². The van der Waals surface area contributed by atoms with Crippen molar-refractivity contribution in [3.05, 3.63) is 54.1 Å². The molecule has 1 atom stereocenters. The Labute approximate surface area is 154 Å². The summed E-state index contributed by atoms with van der Waals surface area (Å²) >= 11 is 0. The minimum absolute atomic E-state index is 0.0781. The Bertz CT molecular complexity index is 706. The van der Waals surface area contributed by atoms with Crippen LogP contribution in [-0.2, 0) is 9.53 Å². The second-order valence-electron chi connectivity index (χ2n) is 5.80. The fourth-order valence-corrected chi connectivity index (χ4v) is 2.69. The number of hydrogen-bond acceptors (Lipinski definition) is 5. The maximum atomic E-state index is 12.9. The van der Waals surface area contributed by atoms with E-state index in [1.165, 1.54) is 0 Å². The molecule has 1 unspecified atom stereocenters. The molecule has 26 heavy (non-hydrogen) atoms. The lowest BCUT2D eigenvalue weighted by atomic mass is 10.0. The van der Waals surface area contributed by atoms with E-state index in [9.17, 15) is 4.79 Å². The summed E-state index contributed by atoms with van der Waals surface area (Å²) in [6.07, 6.45) is 0.197. The summed E-state index contributed by atoms with van der Waals surface area (Å²) in [6, 6.07) is 14.6. The molecule has 0 spiro atoms. The van der Waals surface area contributed by atoms with Gasteiger partial charge in [-0.3, -0.25) is 4.79 Å². The van der Waals surface area contributed by atoms with Crippen LogP contribution in [0.2, 0.25) is 0 Å². The van der Waals surface area contributed by atoms with Gasteiger partial charge in [0, 0.05) is 37.9 Å². The van der Waals surface area contributed by atoms with E-state index in [4.69, 9.17) is 19.9 Å². The van der Waals surface area contributed by atoms with Gasteiger partial charge in [-0.15, -0.1) is 0 Å². The number of nitrogens with zero attached hydrogens (tertiary/aromatic N) is 1. The third-order valence-corrected chi connectivity index (χ3v) is 4.12. The Morgan fingerprint density at radius 2 is 1.73 bits per heavy atom. The van der Waals surface area contributed by atoms with Gasteiger partial charge >= 0.3 is 0 Å². The number of methoxy groups -OCH3 is 3. The van der Waals surface area contributed by atoms with Crippen molar-refractivity contribution in [2.75, 3.05) is 39.4 Å². The average Bonchev–Trinajstić information content (AvgIpc) is 2.68. The molecule has 0 aromatic heterocycles. The van der Waals surface area contributed by atoms with Gasteiger partial charge in [0.25, 0.3) is 0 Å². The van der Waals surface area contributed by atoms with Gasteiger partial charge in [0.2, 0.25) is 5.91 Å². The van der Waals surface area contributed by atoms with Crippen LogP contribution in [0.3, 0.4) is 0 Å². The molecular formula is C20H26N2O4. The number of amides is 1. The first kappa shape index (κ1) is 19.8. The van der Waals surface area contributed by atoms with Crippen molar-refractivity contribution in [2.24, 2.45) is 5.73 Å². The Morgan fingerprint density at radius 1 is 1.04 bits per heavy atom. The number of carbonyl (C=O) groups is 1. The van der Waals surface area contributed by atoms with E-state index in [1.54, 1.807) is 38.4 Å². The average molecular weight is 358 g/mol. The molecule has 0 saturated carbocycles. The van der Waals surface area contributed by atoms with Crippen molar-refractivity contribution in [1.29, 1.82) is 0 Å². The van der Waals surface area contributed by atoms with Crippen LogP contribution < -0.4 is 20.1 Å². The number of nitrogens with two attached hydrogens (primary N) is 1. The molecule has 0 fully saturated rings. The molecule has 0 aliphatic heterocycles. The Morgan fingerprint density at radius 3 is 2.35 bits per heavy atom. The zero-order chi connectivity index (χ0) is 18.9. The Balaban J connectivity index is 2.22. The van der Waals surface area contributed by atoms with Crippen molar-refractivity contribution >= 4 is 11.6 Å². The predicted octanol–water partition coefficient (Wildman–Crippen LogP) is 2.77. The Kier molecular flexibility index (Phi) is 7.44. The molecule has 0 saturated heterocycles. The molecule has 6 nitrogen and oxygen atoms in total. The fourth-order valence-electron chi connectivity index (χ4n) is 2.69. The van der Waals surface area contributed by atoms with Gasteiger partial charge in [-0.25, -0.2) is 0 Å². The highest BCUT2D eigenvalue weighted by atomic mass is 16.5. The Hall–Kier alpha value is -2.57. The van der Waals surface area contributed by atoms with E-state index in [0.717, 1.165) is 5.56 Å². The molecule has 1 amide bonds. The molecule has 2 rings (SSSR count). The topological polar surface area (TPSA) is 74.0 Å². The van der Waals surface area contributed by atoms with Crippen molar-refractivity contribution in [3.8, 4) is 11.5 Å². The molecule has 0 heterocycles. The van der Waals surface area contributed by atoms with Crippen molar-refractivity contribution in [1.82, 2.24) is 0 Å². The summed E-state index contributed by atoms with van der Waals surface area (Å²) in [7, 11) is 4.74. The quantitative estimate of drug-likeness (QED) is 0.746. The third-order valence-electron chi connectivity index (χ3n) is 4.12. The monoisotopic (exact) mass is 358 g/mol. The molecular weight excluding hydrogens is 332 g/mol. The molecule has 2 N–H and O–H groups in total. The van der Waals surface area contributed by atoms with Crippen molar-refractivity contribution in [2.45, 2.75) is 12.5 Å². The van der Waals surface area contributed by atoms with E-state index < -0.39 is 0 Å². The zero-order valence-electron chi connectivity index (χ0n) is 15.5. The van der Waals surface area contributed by atoms with E-state index >= 15 is 0 Å². The molecule has 0 aliphatic rings. The number of benzene rings is 2. The van der Waals surface area contributed by atoms with Gasteiger partial charge in [0.15, 0.2) is 11.5 Å². The normalized spacial score (nSPS) is 11.7. The van der Waals surface area contributed by atoms with Crippen LogP contribution >= 0.6 is 0 Å². The minimum Gasteiger partial charge on any atom is -0.493 e. The number of rotatable bonds is 9. The summed E-state index contributed by atoms with van der Waals surface area (Å²) in [5.41, 5.74) is 7.86. The smallest absolute Gasteiger partial charge is 0.228 e. The SMILES string of the molecule is COCCN(C(=O)CC(N)c1ccccc1)c1ccc(OC)c(OC)c1. The van der Waals surface area contributed by atoms with Gasteiger partial charge in [-0.2, -0.15) is 0 Å². The summed E-state index contributed by atoms with van der Waals surface area (Å²) in [5.74, 6) is 1.09. The predicted molar refractivity (Wildman–Crippen MR) is 102 cm³/mol. The first-order chi connectivity index (χ1) is 12.6. The second kappa shape index (κ2) is 9.79. The lowest BCUT2D eigenvalue weighted by Gasteiger charge is -2.25. The lowest BCUT2D eigenvalue weighted by Crippen LogP contribution is -2.35. The van der Waals surface area contributed by atoms with Crippen LogP contribution in [0.4, 0.5) is 5.69 Å². The van der Waals surface area contributed by atoms with Crippen LogP contribution in [-0.4, -0.2) is 40.4 Å². The molecule has 0 bridgehead atoms. The highest BCUT2D eigenvalue weighted by Crippen LogP contribution is 2.32. The molecule has 6 heteroatoms. The van der Waals surface area contributed by atoms with Gasteiger partial charge in [-0.05, 0) is 17.7 Å². The van der Waals surface area contributed by atoms with Gasteiger partial charge in [0.1, 0.15) is 0 Å². The van der Waals surface area contributed by atoms with Crippen LogP contribution in [0.15, 0.2) is 48.5 Å². The molecule has 2 aromatic carbocycles. The zero-order valence-corrected chi connectivity index (χ0v) is 15.5. The first-order valence-corrected chi connectivity index (χ1v) is 8.42. The summed E-state index contributed by atoms with van der Waals surface area (Å²) < 4.78 is 15.8. The van der Waals surface area contributed by atoms with E-state index in [-0.39, 0.29) is 18.4 Å². The maximum Gasteiger partial charge on any atom is 0.228 e. The van der Waals surface area contributed by atoms with E-state index in [1.807, 2.05) is 36.4 Å². The number of ether oxygens (including phenoxy) is 3.